The topological polar surface area (TPSA) is 114 Å². The molecule has 0 heterocycles. The van der Waals surface area contributed by atoms with Gasteiger partial charge in [0.1, 0.15) is 0 Å². The lowest BCUT2D eigenvalue weighted by Gasteiger charge is -2.12. The number of benzene rings is 2. The highest BCUT2D eigenvalue weighted by Gasteiger charge is 2.10. The summed E-state index contributed by atoms with van der Waals surface area (Å²) in [6.45, 7) is 0. The highest BCUT2D eigenvalue weighted by molar-refractivity contribution is 5.91. The van der Waals surface area contributed by atoms with Crippen molar-refractivity contribution in [3.63, 3.8) is 0 Å². The molecular weight excluding hydrogens is 292 g/mol. The first-order valence-corrected chi connectivity index (χ1v) is 6.76. The summed E-state index contributed by atoms with van der Waals surface area (Å²) in [7, 11) is 1.33. The van der Waals surface area contributed by atoms with Gasteiger partial charge in [-0.3, -0.25) is 5.84 Å². The van der Waals surface area contributed by atoms with Gasteiger partial charge >= 0.3 is 5.97 Å². The predicted molar refractivity (Wildman–Crippen MR) is 87.3 cm³/mol. The number of hydrogen-bond acceptors (Lipinski definition) is 6. The number of esters is 1. The monoisotopic (exact) mass is 308 g/mol. The minimum absolute atomic E-state index is 0.414. The maximum absolute atomic E-state index is 11.4. The smallest absolute Gasteiger partial charge is 0.337 e. The average molecular weight is 308 g/mol. The van der Waals surface area contributed by atoms with Crippen molar-refractivity contribution in [1.82, 2.24) is 5.43 Å². The average Bonchev–Trinajstić information content (AvgIpc) is 2.62. The van der Waals surface area contributed by atoms with E-state index in [0.29, 0.717) is 28.1 Å². The van der Waals surface area contributed by atoms with E-state index < -0.39 is 5.97 Å². The van der Waals surface area contributed by atoms with Gasteiger partial charge in [-0.15, -0.1) is 0 Å². The molecule has 0 aliphatic heterocycles. The maximum Gasteiger partial charge on any atom is 0.337 e. The fourth-order valence-electron chi connectivity index (χ4n) is 2.08. The van der Waals surface area contributed by atoms with E-state index in [1.54, 1.807) is 48.5 Å². The Morgan fingerprint density at radius 2 is 1.57 bits per heavy atom. The second-order valence-electron chi connectivity index (χ2n) is 4.69. The second kappa shape index (κ2) is 7.11. The molecule has 5 N–H and O–H groups in total. The molecule has 116 valence electrons. The van der Waals surface area contributed by atoms with E-state index in [1.165, 1.54) is 7.11 Å². The van der Waals surface area contributed by atoms with Crippen LogP contribution in [0.2, 0.25) is 0 Å². The molecule has 0 aliphatic rings. The summed E-state index contributed by atoms with van der Waals surface area (Å²) < 4.78 is 4.66. The van der Waals surface area contributed by atoms with Crippen molar-refractivity contribution in [2.45, 2.75) is 0 Å². The zero-order valence-electron chi connectivity index (χ0n) is 12.5. The largest absolute Gasteiger partial charge is 0.465 e. The van der Waals surface area contributed by atoms with Gasteiger partial charge in [-0.25, -0.2) is 4.79 Å². The van der Waals surface area contributed by atoms with Crippen molar-refractivity contribution in [3.8, 4) is 6.07 Å². The summed E-state index contributed by atoms with van der Waals surface area (Å²) >= 11 is 0. The van der Waals surface area contributed by atoms with Gasteiger partial charge in [0, 0.05) is 5.56 Å². The number of nitriles is 1. The molecule has 0 radical (unpaired) electrons. The number of rotatable bonds is 4. The molecule has 0 aromatic heterocycles. The molecule has 2 aromatic rings. The van der Waals surface area contributed by atoms with Crippen LogP contribution in [0.5, 0.6) is 0 Å². The second-order valence-corrected chi connectivity index (χ2v) is 4.69. The van der Waals surface area contributed by atoms with Gasteiger partial charge in [0.25, 0.3) is 0 Å². The first kappa shape index (κ1) is 16.1. The first-order valence-electron chi connectivity index (χ1n) is 6.76. The van der Waals surface area contributed by atoms with Crippen molar-refractivity contribution in [2.75, 3.05) is 7.11 Å². The lowest BCUT2D eigenvalue weighted by Crippen LogP contribution is -2.23. The predicted octanol–water partition coefficient (Wildman–Crippen LogP) is 1.59. The minimum atomic E-state index is -0.414. The number of carbonyl (C=O) groups excluding carboxylic acids is 1. The van der Waals surface area contributed by atoms with Gasteiger partial charge in [-0.2, -0.15) is 5.26 Å². The van der Waals surface area contributed by atoms with Crippen LogP contribution in [0.3, 0.4) is 0 Å². The van der Waals surface area contributed by atoms with E-state index in [2.05, 4.69) is 16.2 Å². The summed E-state index contributed by atoms with van der Waals surface area (Å²) in [6.07, 6.45) is 0. The number of carbonyl (C=O) groups is 1. The molecule has 0 aliphatic carbocycles. The zero-order chi connectivity index (χ0) is 16.8. The van der Waals surface area contributed by atoms with Gasteiger partial charge in [0.2, 0.25) is 0 Å². The molecule has 0 unspecified atom stereocenters. The van der Waals surface area contributed by atoms with Gasteiger partial charge in [0.15, 0.2) is 0 Å². The summed E-state index contributed by atoms with van der Waals surface area (Å²) in [6, 6.07) is 15.6. The highest BCUT2D eigenvalue weighted by Crippen LogP contribution is 2.21. The molecule has 0 saturated carbocycles. The zero-order valence-corrected chi connectivity index (χ0v) is 12.5. The van der Waals surface area contributed by atoms with Crippen LogP contribution in [0.15, 0.2) is 48.5 Å². The Morgan fingerprint density at radius 3 is 2.04 bits per heavy atom. The molecule has 6 nitrogen and oxygen atoms in total. The van der Waals surface area contributed by atoms with Crippen LogP contribution in [0.25, 0.3) is 11.4 Å². The number of hydrazine groups is 1. The lowest BCUT2D eigenvalue weighted by molar-refractivity contribution is 0.0600. The highest BCUT2D eigenvalue weighted by atomic mass is 16.5. The summed E-state index contributed by atoms with van der Waals surface area (Å²) in [4.78, 5) is 11.4. The normalized spacial score (nSPS) is 11.2. The van der Waals surface area contributed by atoms with E-state index >= 15 is 0 Å². The Hall–Kier alpha value is -3.30. The standard InChI is InChI=1S/C17H16N4O2/c1-23-17(22)14-8-6-12(7-9-14)15(19)16(21-20)13-4-2-11(10-18)3-5-13/h2-9,21H,19-20H2,1H3/b16-15-. The van der Waals surface area contributed by atoms with Crippen LogP contribution >= 0.6 is 0 Å². The van der Waals surface area contributed by atoms with Gasteiger partial charge in [-0.05, 0) is 29.8 Å². The van der Waals surface area contributed by atoms with E-state index in [4.69, 9.17) is 16.8 Å². The summed E-state index contributed by atoms with van der Waals surface area (Å²) in [5.41, 5.74) is 12.1. The maximum atomic E-state index is 11.4. The third kappa shape index (κ3) is 3.48. The number of ether oxygens (including phenoxy) is 1. The summed E-state index contributed by atoms with van der Waals surface area (Å²) in [5, 5.41) is 8.84. The first-order chi connectivity index (χ1) is 11.1. The van der Waals surface area contributed by atoms with Crippen molar-refractivity contribution >= 4 is 17.4 Å². The third-order valence-corrected chi connectivity index (χ3v) is 3.33. The quantitative estimate of drug-likeness (QED) is 0.342. The van der Waals surface area contributed by atoms with E-state index in [-0.39, 0.29) is 0 Å². The fourth-order valence-corrected chi connectivity index (χ4v) is 2.08. The van der Waals surface area contributed by atoms with Crippen LogP contribution in [0.1, 0.15) is 27.0 Å². The van der Waals surface area contributed by atoms with Gasteiger partial charge in [0.05, 0.1) is 35.7 Å². The molecule has 2 aromatic carbocycles. The molecule has 23 heavy (non-hydrogen) atoms. The van der Waals surface area contributed by atoms with Crippen molar-refractivity contribution < 1.29 is 9.53 Å². The van der Waals surface area contributed by atoms with Crippen LogP contribution < -0.4 is 17.0 Å². The Balaban J connectivity index is 2.39. The van der Waals surface area contributed by atoms with Crippen LogP contribution in [-0.2, 0) is 4.74 Å². The SMILES string of the molecule is COC(=O)c1ccc(/C(N)=C(/NN)c2ccc(C#N)cc2)cc1. The van der Waals surface area contributed by atoms with Crippen molar-refractivity contribution in [1.29, 1.82) is 5.26 Å². The van der Waals surface area contributed by atoms with E-state index in [1.807, 2.05) is 0 Å². The van der Waals surface area contributed by atoms with Crippen molar-refractivity contribution in [3.05, 3.63) is 70.8 Å². The van der Waals surface area contributed by atoms with Crippen LogP contribution in [0.4, 0.5) is 0 Å². The number of methoxy groups -OCH3 is 1. The minimum Gasteiger partial charge on any atom is -0.465 e. The van der Waals surface area contributed by atoms with Gasteiger partial charge < -0.3 is 15.9 Å². The van der Waals surface area contributed by atoms with Crippen LogP contribution in [0, 0.1) is 11.3 Å². The third-order valence-electron chi connectivity index (χ3n) is 3.33. The molecule has 0 fully saturated rings. The Kier molecular flexibility index (Phi) is 4.97. The number of hydrogen-bond donors (Lipinski definition) is 3. The molecule has 0 atom stereocenters. The molecular formula is C17H16N4O2. The molecule has 2 rings (SSSR count). The molecule has 0 saturated heterocycles. The molecule has 0 amide bonds. The van der Waals surface area contributed by atoms with Crippen LogP contribution in [-0.4, -0.2) is 13.1 Å². The number of nitrogens with zero attached hydrogens (tertiary/aromatic N) is 1. The molecule has 0 bridgehead atoms. The number of nitrogens with one attached hydrogen (secondary N) is 1. The van der Waals surface area contributed by atoms with E-state index in [9.17, 15) is 4.79 Å². The molecule has 0 spiro atoms. The lowest BCUT2D eigenvalue weighted by atomic mass is 10.0. The Labute approximate surface area is 133 Å². The summed E-state index contributed by atoms with van der Waals surface area (Å²) in [5.74, 6) is 5.17. The Bertz CT molecular complexity index is 772. The van der Waals surface area contributed by atoms with Gasteiger partial charge in [-0.1, -0.05) is 24.3 Å². The van der Waals surface area contributed by atoms with Crippen molar-refractivity contribution in [2.24, 2.45) is 11.6 Å². The molecule has 6 heteroatoms. The number of nitrogens with two attached hydrogens (primary N) is 2. The van der Waals surface area contributed by atoms with E-state index in [0.717, 1.165) is 5.56 Å². The Morgan fingerprint density at radius 1 is 1.04 bits per heavy atom. The fraction of sp³-hybridized carbons (Fsp3) is 0.0588.